The largest absolute Gasteiger partial charge is 0.490 e. The fourth-order valence-corrected chi connectivity index (χ4v) is 5.23. The monoisotopic (exact) mass is 547 g/mol. The summed E-state index contributed by atoms with van der Waals surface area (Å²) in [5.74, 6) is 1.39. The molecule has 1 aromatic carbocycles. The third-order valence-electron chi connectivity index (χ3n) is 6.40. The molecule has 35 heavy (non-hydrogen) atoms. The van der Waals surface area contributed by atoms with Gasteiger partial charge in [0.1, 0.15) is 12.1 Å². The molecule has 2 aromatic rings. The smallest absolute Gasteiger partial charge is 0.338 e. The molecule has 9 nitrogen and oxygen atoms in total. The number of tetrazole rings is 1. The number of anilines is 1. The fraction of sp³-hybridized carbons (Fsp3) is 0.600. The Hall–Kier alpha value is -2.62. The molecule has 1 unspecified atom stereocenters. The van der Waals surface area contributed by atoms with Crippen molar-refractivity contribution in [1.29, 1.82) is 0 Å². The molecule has 1 atom stereocenters. The first kappa shape index (κ1) is 25.5. The van der Waals surface area contributed by atoms with Gasteiger partial charge in [-0.15, -0.1) is 0 Å². The lowest BCUT2D eigenvalue weighted by atomic mass is 9.94. The van der Waals surface area contributed by atoms with Gasteiger partial charge in [0, 0.05) is 5.70 Å². The highest BCUT2D eigenvalue weighted by Crippen LogP contribution is 2.43. The van der Waals surface area contributed by atoms with Crippen molar-refractivity contribution in [2.75, 3.05) is 18.5 Å². The molecule has 4 rings (SSSR count). The minimum absolute atomic E-state index is 0.0583. The van der Waals surface area contributed by atoms with E-state index in [0.29, 0.717) is 41.9 Å². The van der Waals surface area contributed by atoms with Crippen LogP contribution in [0.2, 0.25) is 0 Å². The number of halogens is 1. The van der Waals surface area contributed by atoms with Crippen molar-refractivity contribution in [3.05, 3.63) is 33.4 Å². The van der Waals surface area contributed by atoms with Crippen LogP contribution in [-0.4, -0.2) is 45.5 Å². The molecule has 10 heteroatoms. The van der Waals surface area contributed by atoms with Crippen LogP contribution in [0.5, 0.6) is 11.5 Å². The zero-order chi connectivity index (χ0) is 24.8. The maximum absolute atomic E-state index is 13.5. The molecule has 0 amide bonds. The standard InChI is InChI=1S/C25H34BrN5O4/c1-4-6-10-13-34-23-19(26)14-17(15-20(23)33-5-2)22-21(16(3)27-25-28-29-30-31(22)25)24(32)35-18-11-8-7-9-12-18/h14-15,18,22H,4-13H2,1-3H3,(H,27,28,30). The summed E-state index contributed by atoms with van der Waals surface area (Å²) < 4.78 is 20.4. The van der Waals surface area contributed by atoms with Crippen molar-refractivity contribution < 1.29 is 19.0 Å². The molecule has 1 saturated carbocycles. The Morgan fingerprint density at radius 3 is 2.71 bits per heavy atom. The third-order valence-corrected chi connectivity index (χ3v) is 6.99. The van der Waals surface area contributed by atoms with E-state index in [1.54, 1.807) is 4.68 Å². The number of nitrogens with zero attached hydrogens (tertiary/aromatic N) is 4. The number of aromatic nitrogens is 4. The number of nitrogens with one attached hydrogen (secondary N) is 1. The highest BCUT2D eigenvalue weighted by atomic mass is 79.9. The Labute approximate surface area is 214 Å². The van der Waals surface area contributed by atoms with Gasteiger partial charge in [-0.2, -0.15) is 4.68 Å². The van der Waals surface area contributed by atoms with E-state index in [4.69, 9.17) is 14.2 Å². The molecule has 190 valence electrons. The van der Waals surface area contributed by atoms with Crippen LogP contribution in [0.1, 0.15) is 83.7 Å². The van der Waals surface area contributed by atoms with Crippen LogP contribution in [0.25, 0.3) is 0 Å². The number of rotatable bonds is 10. The lowest BCUT2D eigenvalue weighted by molar-refractivity contribution is -0.146. The van der Waals surface area contributed by atoms with Gasteiger partial charge in [0.15, 0.2) is 11.5 Å². The molecule has 2 heterocycles. The number of esters is 1. The highest BCUT2D eigenvalue weighted by Gasteiger charge is 2.37. The third kappa shape index (κ3) is 5.79. The predicted octanol–water partition coefficient (Wildman–Crippen LogP) is 5.57. The van der Waals surface area contributed by atoms with Gasteiger partial charge in [-0.3, -0.25) is 0 Å². The summed E-state index contributed by atoms with van der Waals surface area (Å²) >= 11 is 3.67. The summed E-state index contributed by atoms with van der Waals surface area (Å²) in [6.45, 7) is 7.03. The SMILES string of the molecule is CCCCCOc1c(Br)cc(C2C(C(=O)OC3CCCCC3)=C(C)Nc3nnnn32)cc1OCC. The summed E-state index contributed by atoms with van der Waals surface area (Å²) in [7, 11) is 0. The van der Waals surface area contributed by atoms with Crippen molar-refractivity contribution in [2.45, 2.75) is 84.3 Å². The topological polar surface area (TPSA) is 100 Å². The average molecular weight is 548 g/mol. The Bertz CT molecular complexity index is 1060. The normalized spacial score (nSPS) is 18.1. The number of fused-ring (bicyclic) bond motifs is 1. The second-order valence-corrected chi connectivity index (χ2v) is 9.85. The summed E-state index contributed by atoms with van der Waals surface area (Å²) in [5.41, 5.74) is 1.96. The second kappa shape index (κ2) is 11.9. The molecule has 1 N–H and O–H groups in total. The number of hydrogen-bond acceptors (Lipinski definition) is 8. The molecule has 0 saturated heterocycles. The summed E-state index contributed by atoms with van der Waals surface area (Å²) in [6, 6.07) is 3.29. The number of hydrogen-bond donors (Lipinski definition) is 1. The first-order chi connectivity index (χ1) is 17.0. The van der Waals surface area contributed by atoms with E-state index in [-0.39, 0.29) is 12.1 Å². The number of carbonyl (C=O) groups is 1. The van der Waals surface area contributed by atoms with Gasteiger partial charge in [0.25, 0.3) is 0 Å². The minimum atomic E-state index is -0.568. The van der Waals surface area contributed by atoms with Crippen molar-refractivity contribution in [3.8, 4) is 11.5 Å². The zero-order valence-corrected chi connectivity index (χ0v) is 22.3. The molecular weight excluding hydrogens is 514 g/mol. The van der Waals surface area contributed by atoms with Crippen LogP contribution in [0, 0.1) is 0 Å². The van der Waals surface area contributed by atoms with E-state index in [9.17, 15) is 4.79 Å². The van der Waals surface area contributed by atoms with E-state index in [2.05, 4.69) is 43.7 Å². The van der Waals surface area contributed by atoms with Gasteiger partial charge in [0.2, 0.25) is 5.95 Å². The Morgan fingerprint density at radius 2 is 1.97 bits per heavy atom. The highest BCUT2D eigenvalue weighted by molar-refractivity contribution is 9.10. The van der Waals surface area contributed by atoms with Gasteiger partial charge in [-0.1, -0.05) is 31.3 Å². The first-order valence-electron chi connectivity index (χ1n) is 12.6. The molecule has 1 aliphatic carbocycles. The predicted molar refractivity (Wildman–Crippen MR) is 136 cm³/mol. The van der Waals surface area contributed by atoms with Crippen LogP contribution in [-0.2, 0) is 9.53 Å². The summed E-state index contributed by atoms with van der Waals surface area (Å²) in [4.78, 5) is 13.5. The fourth-order valence-electron chi connectivity index (χ4n) is 4.66. The van der Waals surface area contributed by atoms with Crippen LogP contribution in [0.4, 0.5) is 5.95 Å². The Morgan fingerprint density at radius 1 is 1.17 bits per heavy atom. The van der Waals surface area contributed by atoms with Gasteiger partial charge in [0.05, 0.1) is 23.3 Å². The molecule has 1 aliphatic heterocycles. The quantitative estimate of drug-likeness (QED) is 0.304. The maximum atomic E-state index is 13.5. The van der Waals surface area contributed by atoms with Gasteiger partial charge in [-0.25, -0.2) is 4.79 Å². The molecule has 1 aromatic heterocycles. The van der Waals surface area contributed by atoms with Crippen molar-refractivity contribution in [3.63, 3.8) is 0 Å². The number of allylic oxidation sites excluding steroid dienone is 1. The van der Waals surface area contributed by atoms with E-state index >= 15 is 0 Å². The number of benzene rings is 1. The first-order valence-corrected chi connectivity index (χ1v) is 13.4. The molecular formula is C25H34BrN5O4. The van der Waals surface area contributed by atoms with Gasteiger partial charge in [-0.05, 0) is 90.0 Å². The molecule has 0 radical (unpaired) electrons. The van der Waals surface area contributed by atoms with Gasteiger partial charge >= 0.3 is 5.97 Å². The van der Waals surface area contributed by atoms with Crippen LogP contribution >= 0.6 is 15.9 Å². The maximum Gasteiger partial charge on any atom is 0.338 e. The summed E-state index contributed by atoms with van der Waals surface area (Å²) in [5, 5.41) is 15.3. The van der Waals surface area contributed by atoms with Crippen LogP contribution in [0.15, 0.2) is 27.9 Å². The zero-order valence-electron chi connectivity index (χ0n) is 20.7. The Kier molecular flexibility index (Phi) is 8.64. The lowest BCUT2D eigenvalue weighted by Crippen LogP contribution is -2.32. The average Bonchev–Trinajstić information content (AvgIpc) is 3.30. The minimum Gasteiger partial charge on any atom is -0.490 e. The number of unbranched alkanes of at least 4 members (excludes halogenated alkanes) is 2. The van der Waals surface area contributed by atoms with Crippen molar-refractivity contribution in [2.24, 2.45) is 0 Å². The van der Waals surface area contributed by atoms with Gasteiger partial charge < -0.3 is 19.5 Å². The molecule has 0 spiro atoms. The molecule has 0 bridgehead atoms. The van der Waals surface area contributed by atoms with E-state index in [1.807, 2.05) is 26.0 Å². The van der Waals surface area contributed by atoms with Crippen molar-refractivity contribution in [1.82, 2.24) is 20.2 Å². The lowest BCUT2D eigenvalue weighted by Gasteiger charge is -2.30. The number of ether oxygens (including phenoxy) is 3. The molecule has 2 aliphatic rings. The van der Waals surface area contributed by atoms with Crippen molar-refractivity contribution >= 4 is 27.8 Å². The second-order valence-electron chi connectivity index (χ2n) is 9.00. The number of carbonyl (C=O) groups excluding carboxylic acids is 1. The Balaban J connectivity index is 1.69. The van der Waals surface area contributed by atoms with E-state index in [1.165, 1.54) is 6.42 Å². The van der Waals surface area contributed by atoms with E-state index < -0.39 is 6.04 Å². The van der Waals surface area contributed by atoms with Crippen LogP contribution < -0.4 is 14.8 Å². The summed E-state index contributed by atoms with van der Waals surface area (Å²) in [6.07, 6.45) is 8.29. The van der Waals surface area contributed by atoms with Crippen LogP contribution in [0.3, 0.4) is 0 Å². The van der Waals surface area contributed by atoms with E-state index in [0.717, 1.165) is 55.0 Å². The molecule has 1 fully saturated rings.